The van der Waals surface area contributed by atoms with Crippen LogP contribution in [0.1, 0.15) is 41.0 Å². The average Bonchev–Trinajstić information content (AvgIpc) is 2.78. The van der Waals surface area contributed by atoms with Gasteiger partial charge in [0.05, 0.1) is 19.6 Å². The summed E-state index contributed by atoms with van der Waals surface area (Å²) in [5.41, 5.74) is 0. The number of ether oxygens (including phenoxy) is 7. The van der Waals surface area contributed by atoms with Gasteiger partial charge in [0.25, 0.3) is 5.79 Å². The third kappa shape index (κ3) is 9.36. The van der Waals surface area contributed by atoms with Crippen molar-refractivity contribution in [2.24, 2.45) is 0 Å². The molecule has 0 aromatic carbocycles. The molecule has 0 bridgehead atoms. The molecule has 206 valence electrons. The molecule has 6 atom stereocenters. The Labute approximate surface area is 213 Å². The Morgan fingerprint density at radius 1 is 1.00 bits per heavy atom. The molecule has 1 heterocycles. The lowest BCUT2D eigenvalue weighted by Crippen LogP contribution is -2.69. The summed E-state index contributed by atoms with van der Waals surface area (Å²) in [4.78, 5) is 72.3. The topological polar surface area (TPSA) is 179 Å². The third-order valence-electron chi connectivity index (χ3n) is 4.88. The minimum Gasteiger partial charge on any atom is -0.465 e. The number of terminal acetylenes is 1. The summed E-state index contributed by atoms with van der Waals surface area (Å²) in [5, 5.41) is 2.54. The van der Waals surface area contributed by atoms with Gasteiger partial charge in [0, 0.05) is 34.6 Å². The van der Waals surface area contributed by atoms with E-state index in [-0.39, 0.29) is 0 Å². The van der Waals surface area contributed by atoms with Crippen LogP contribution >= 0.6 is 0 Å². The molecule has 0 aromatic heterocycles. The quantitative estimate of drug-likeness (QED) is 0.199. The van der Waals surface area contributed by atoms with Crippen LogP contribution in [0.4, 0.5) is 0 Å². The Balaban J connectivity index is 3.80. The maximum atomic E-state index is 12.9. The zero-order valence-electron chi connectivity index (χ0n) is 21.4. The van der Waals surface area contributed by atoms with E-state index in [4.69, 9.17) is 39.6 Å². The maximum Gasteiger partial charge on any atom is 0.366 e. The number of nitrogens with one attached hydrogen (secondary N) is 1. The smallest absolute Gasteiger partial charge is 0.366 e. The van der Waals surface area contributed by atoms with Gasteiger partial charge in [-0.1, -0.05) is 5.92 Å². The highest BCUT2D eigenvalue weighted by Gasteiger charge is 2.59. The first-order chi connectivity index (χ1) is 17.3. The number of hydrogen-bond donors (Lipinski definition) is 1. The van der Waals surface area contributed by atoms with Crippen LogP contribution in [0.3, 0.4) is 0 Å². The minimum atomic E-state index is -2.30. The molecule has 1 saturated heterocycles. The van der Waals surface area contributed by atoms with Crippen LogP contribution in [0, 0.1) is 12.3 Å². The van der Waals surface area contributed by atoms with Crippen LogP contribution in [-0.4, -0.2) is 92.3 Å². The summed E-state index contributed by atoms with van der Waals surface area (Å²) in [5.74, 6) is -5.11. The van der Waals surface area contributed by atoms with Crippen molar-refractivity contribution in [2.45, 2.75) is 77.3 Å². The molecule has 0 aromatic rings. The summed E-state index contributed by atoms with van der Waals surface area (Å²) in [7, 11) is 1.04. The normalized spacial score (nSPS) is 24.3. The molecule has 14 nitrogen and oxygen atoms in total. The average molecular weight is 529 g/mol. The maximum absolute atomic E-state index is 12.9. The highest BCUT2D eigenvalue weighted by molar-refractivity contribution is 5.79. The SMILES string of the molecule is C#CCO[C@]1(C(=O)OC)C[C@@H](OC(C)=O)[C@@H](NC(C)=O)C([C@H](OC(C)=O)[C@@H](COC(C)=O)OC(C)=O)O1. The molecule has 0 aliphatic carbocycles. The van der Waals surface area contributed by atoms with Crippen molar-refractivity contribution in [2.75, 3.05) is 20.3 Å². The van der Waals surface area contributed by atoms with E-state index in [0.29, 0.717) is 0 Å². The largest absolute Gasteiger partial charge is 0.465 e. The number of esters is 5. The fourth-order valence-electron chi connectivity index (χ4n) is 3.71. The van der Waals surface area contributed by atoms with Gasteiger partial charge >= 0.3 is 29.8 Å². The molecular formula is C23H31NO13. The second-order valence-corrected chi connectivity index (χ2v) is 7.92. The molecule has 1 unspecified atom stereocenters. The molecule has 1 aliphatic heterocycles. The fraction of sp³-hybridized carbons (Fsp3) is 0.652. The van der Waals surface area contributed by atoms with Crippen molar-refractivity contribution in [1.29, 1.82) is 0 Å². The second-order valence-electron chi connectivity index (χ2n) is 7.92. The van der Waals surface area contributed by atoms with Crippen molar-refractivity contribution in [3.63, 3.8) is 0 Å². The Kier molecular flexibility index (Phi) is 12.0. The van der Waals surface area contributed by atoms with E-state index < -0.39 is 91.6 Å². The highest BCUT2D eigenvalue weighted by Crippen LogP contribution is 2.37. The molecule has 0 saturated carbocycles. The van der Waals surface area contributed by atoms with Crippen LogP contribution in [0.2, 0.25) is 0 Å². The van der Waals surface area contributed by atoms with Crippen molar-refractivity contribution in [3.05, 3.63) is 0 Å². The Morgan fingerprint density at radius 2 is 1.62 bits per heavy atom. The van der Waals surface area contributed by atoms with Gasteiger partial charge in [-0.15, -0.1) is 6.42 Å². The monoisotopic (exact) mass is 529 g/mol. The molecule has 0 radical (unpaired) electrons. The second kappa shape index (κ2) is 14.1. The van der Waals surface area contributed by atoms with E-state index in [0.717, 1.165) is 41.7 Å². The van der Waals surface area contributed by atoms with Crippen molar-refractivity contribution in [1.82, 2.24) is 5.32 Å². The van der Waals surface area contributed by atoms with E-state index in [9.17, 15) is 28.8 Å². The number of rotatable bonds is 11. The lowest BCUT2D eigenvalue weighted by molar-refractivity contribution is -0.311. The third-order valence-corrected chi connectivity index (χ3v) is 4.88. The minimum absolute atomic E-state index is 0.460. The van der Waals surface area contributed by atoms with Gasteiger partial charge in [0.2, 0.25) is 5.91 Å². The van der Waals surface area contributed by atoms with Crippen LogP contribution in [0.15, 0.2) is 0 Å². The fourth-order valence-corrected chi connectivity index (χ4v) is 3.71. The van der Waals surface area contributed by atoms with Crippen molar-refractivity contribution in [3.8, 4) is 12.3 Å². The summed E-state index contributed by atoms with van der Waals surface area (Å²) >= 11 is 0. The van der Waals surface area contributed by atoms with Crippen LogP contribution in [0.25, 0.3) is 0 Å². The van der Waals surface area contributed by atoms with E-state index in [1.54, 1.807) is 0 Å². The number of carbonyl (C=O) groups is 6. The molecular weight excluding hydrogens is 498 g/mol. The molecule has 1 rings (SSSR count). The van der Waals surface area contributed by atoms with Crippen molar-refractivity contribution >= 4 is 35.8 Å². The Morgan fingerprint density at radius 3 is 2.08 bits per heavy atom. The Bertz CT molecular complexity index is 926. The van der Waals surface area contributed by atoms with E-state index in [1.807, 2.05) is 0 Å². The Hall–Kier alpha value is -3.70. The number of hydrogen-bond acceptors (Lipinski definition) is 13. The van der Waals surface area contributed by atoms with Gasteiger partial charge in [-0.25, -0.2) is 4.79 Å². The standard InChI is InChI=1S/C23H31NO13/c1-8-9-33-23(22(30)31-7)10-17(34-14(4)27)19(24-12(2)25)21(37-23)20(36-16(6)29)18(35-15(5)28)11-32-13(3)26/h1,17-21H,9-11H2,2-7H3,(H,24,25)/t17-,18-,19-,20-,21?,23-/m1/s1. The number of methoxy groups -OCH3 is 1. The van der Waals surface area contributed by atoms with Gasteiger partial charge in [0.15, 0.2) is 12.2 Å². The highest BCUT2D eigenvalue weighted by atomic mass is 16.7. The summed E-state index contributed by atoms with van der Waals surface area (Å²) in [6, 6.07) is -1.28. The summed E-state index contributed by atoms with van der Waals surface area (Å²) < 4.78 is 37.3. The molecule has 1 amide bonds. The first kappa shape index (κ1) is 31.3. The zero-order chi connectivity index (χ0) is 28.3. The molecule has 1 fully saturated rings. The summed E-state index contributed by atoms with van der Waals surface area (Å²) in [6.07, 6.45) is -1.24. The van der Waals surface area contributed by atoms with Gasteiger partial charge in [0.1, 0.15) is 25.4 Å². The predicted molar refractivity (Wildman–Crippen MR) is 120 cm³/mol. The van der Waals surface area contributed by atoms with Crippen LogP contribution in [-0.2, 0) is 61.9 Å². The van der Waals surface area contributed by atoms with E-state index in [1.165, 1.54) is 0 Å². The van der Waals surface area contributed by atoms with Crippen LogP contribution < -0.4 is 5.32 Å². The summed E-state index contributed by atoms with van der Waals surface area (Å²) in [6.45, 7) is 4.36. The molecule has 1 N–H and O–H groups in total. The number of amides is 1. The predicted octanol–water partition coefficient (Wildman–Crippen LogP) is -0.843. The van der Waals surface area contributed by atoms with Gasteiger partial charge in [-0.2, -0.15) is 0 Å². The lowest BCUT2D eigenvalue weighted by atomic mass is 9.88. The van der Waals surface area contributed by atoms with Gasteiger partial charge in [-0.05, 0) is 0 Å². The van der Waals surface area contributed by atoms with Gasteiger partial charge < -0.3 is 38.5 Å². The first-order valence-electron chi connectivity index (χ1n) is 11.0. The van der Waals surface area contributed by atoms with Crippen LogP contribution in [0.5, 0.6) is 0 Å². The first-order valence-corrected chi connectivity index (χ1v) is 11.0. The van der Waals surface area contributed by atoms with Gasteiger partial charge in [-0.3, -0.25) is 24.0 Å². The van der Waals surface area contributed by atoms with E-state index in [2.05, 4.69) is 11.2 Å². The molecule has 14 heteroatoms. The van der Waals surface area contributed by atoms with E-state index >= 15 is 0 Å². The number of carbonyl (C=O) groups excluding carboxylic acids is 6. The molecule has 37 heavy (non-hydrogen) atoms. The lowest BCUT2D eigenvalue weighted by Gasteiger charge is -2.48. The molecule has 0 spiro atoms. The van der Waals surface area contributed by atoms with Crippen molar-refractivity contribution < 1.29 is 61.9 Å². The zero-order valence-corrected chi connectivity index (χ0v) is 21.4. The molecule has 1 aliphatic rings.